The van der Waals surface area contributed by atoms with Gasteiger partial charge in [-0.05, 0) is 37.0 Å². The van der Waals surface area contributed by atoms with Gasteiger partial charge >= 0.3 is 0 Å². The fourth-order valence-electron chi connectivity index (χ4n) is 2.65. The molecule has 2 heterocycles. The quantitative estimate of drug-likeness (QED) is 0.743. The van der Waals surface area contributed by atoms with Crippen molar-refractivity contribution in [2.24, 2.45) is 5.92 Å². The second-order valence-corrected chi connectivity index (χ2v) is 9.39. The molecular weight excluding hydrogens is 381 g/mol. The number of benzene rings is 1. The Bertz CT molecular complexity index is 914. The van der Waals surface area contributed by atoms with Crippen LogP contribution in [0.1, 0.15) is 17.9 Å². The van der Waals surface area contributed by atoms with Gasteiger partial charge in [-0.2, -0.15) is 0 Å². The van der Waals surface area contributed by atoms with Crippen molar-refractivity contribution in [3.63, 3.8) is 0 Å². The molecule has 0 unspecified atom stereocenters. The number of carbonyl (C=O) groups is 1. The summed E-state index contributed by atoms with van der Waals surface area (Å²) in [5.41, 5.74) is 0.887. The molecule has 7 nitrogen and oxygen atoms in total. The average Bonchev–Trinajstić information content (AvgIpc) is 3.15. The predicted molar refractivity (Wildman–Crippen MR) is 95.3 cm³/mol. The van der Waals surface area contributed by atoms with E-state index in [1.54, 1.807) is 19.1 Å². The van der Waals surface area contributed by atoms with Crippen LogP contribution in [0, 0.1) is 18.7 Å². The molecule has 1 fully saturated rings. The zero-order chi connectivity index (χ0) is 18.7. The molecule has 1 amide bonds. The van der Waals surface area contributed by atoms with Crippen LogP contribution in [-0.2, 0) is 21.1 Å². The predicted octanol–water partition coefficient (Wildman–Crippen LogP) is 2.23. The monoisotopic (exact) mass is 399 g/mol. The van der Waals surface area contributed by atoms with E-state index >= 15 is 0 Å². The van der Waals surface area contributed by atoms with E-state index in [1.807, 2.05) is 0 Å². The van der Waals surface area contributed by atoms with Gasteiger partial charge < -0.3 is 9.73 Å². The molecule has 1 N–H and O–H groups in total. The molecule has 26 heavy (non-hydrogen) atoms. The highest BCUT2D eigenvalue weighted by Gasteiger charge is 2.29. The Kier molecular flexibility index (Phi) is 5.61. The lowest BCUT2D eigenvalue weighted by Crippen LogP contribution is -2.14. The van der Waals surface area contributed by atoms with E-state index in [9.17, 15) is 17.6 Å². The molecule has 0 saturated carbocycles. The largest absolute Gasteiger partial charge is 0.416 e. The maximum atomic E-state index is 13.5. The summed E-state index contributed by atoms with van der Waals surface area (Å²) in [5, 5.41) is 10.6. The normalized spacial score (nSPS) is 18.8. The van der Waals surface area contributed by atoms with E-state index in [1.165, 1.54) is 6.07 Å². The molecule has 0 radical (unpaired) electrons. The van der Waals surface area contributed by atoms with Gasteiger partial charge in [0.25, 0.3) is 5.22 Å². The molecular formula is C16H18FN3O4S2. The molecule has 1 saturated heterocycles. The van der Waals surface area contributed by atoms with Crippen molar-refractivity contribution in [1.82, 2.24) is 10.2 Å². The van der Waals surface area contributed by atoms with Crippen molar-refractivity contribution in [2.45, 2.75) is 25.0 Å². The van der Waals surface area contributed by atoms with Crippen LogP contribution in [0.2, 0.25) is 0 Å². The first-order valence-corrected chi connectivity index (χ1v) is 10.8. The average molecular weight is 399 g/mol. The Morgan fingerprint density at radius 3 is 2.92 bits per heavy atom. The molecule has 1 aromatic heterocycles. The van der Waals surface area contributed by atoms with Crippen molar-refractivity contribution >= 4 is 33.2 Å². The third kappa shape index (κ3) is 5.04. The number of nitrogens with zero attached hydrogens (tertiary/aromatic N) is 2. The number of sulfone groups is 1. The fourth-order valence-corrected chi connectivity index (χ4v) is 5.10. The number of aryl methyl sites for hydroxylation is 1. The Hall–Kier alpha value is -1.94. The second-order valence-electron chi connectivity index (χ2n) is 6.24. The summed E-state index contributed by atoms with van der Waals surface area (Å²) in [4.78, 5) is 11.9. The third-order valence-electron chi connectivity index (χ3n) is 4.02. The number of rotatable bonds is 6. The van der Waals surface area contributed by atoms with Crippen LogP contribution in [0.5, 0.6) is 0 Å². The van der Waals surface area contributed by atoms with E-state index < -0.39 is 9.84 Å². The molecule has 1 aliphatic rings. The third-order valence-corrected chi connectivity index (χ3v) is 6.68. The Labute approximate surface area is 154 Å². The standard InChI is InChI=1S/C16H18FN3O4S2/c1-10-2-3-12(7-13(10)17)18-14(21)8-25-16-20-19-15(24-16)6-11-4-5-26(22,23)9-11/h2-3,7,11H,4-6,8-9H2,1H3,(H,18,21)/t11-/m0/s1. The molecule has 1 atom stereocenters. The van der Waals surface area contributed by atoms with Gasteiger partial charge in [0.05, 0.1) is 17.3 Å². The SMILES string of the molecule is Cc1ccc(NC(=O)CSc2nnc(C[C@@H]3CCS(=O)(=O)C3)o2)cc1F. The van der Waals surface area contributed by atoms with E-state index in [4.69, 9.17) is 4.42 Å². The summed E-state index contributed by atoms with van der Waals surface area (Å²) in [7, 11) is -2.94. The van der Waals surface area contributed by atoms with Crippen LogP contribution < -0.4 is 5.32 Å². The Balaban J connectivity index is 1.48. The van der Waals surface area contributed by atoms with Gasteiger partial charge in [0, 0.05) is 12.1 Å². The van der Waals surface area contributed by atoms with Crippen molar-refractivity contribution in [3.8, 4) is 0 Å². The van der Waals surface area contributed by atoms with Crippen molar-refractivity contribution in [2.75, 3.05) is 22.6 Å². The van der Waals surface area contributed by atoms with E-state index in [0.29, 0.717) is 30.0 Å². The van der Waals surface area contributed by atoms with Crippen LogP contribution in [0.3, 0.4) is 0 Å². The minimum Gasteiger partial charge on any atom is -0.416 e. The maximum absolute atomic E-state index is 13.5. The number of thioether (sulfide) groups is 1. The number of anilines is 1. The molecule has 0 bridgehead atoms. The van der Waals surface area contributed by atoms with Crippen molar-refractivity contribution < 1.29 is 22.0 Å². The first kappa shape index (κ1) is 18.8. The zero-order valence-corrected chi connectivity index (χ0v) is 15.7. The molecule has 140 valence electrons. The number of amides is 1. The van der Waals surface area contributed by atoms with Crippen LogP contribution in [0.15, 0.2) is 27.8 Å². The second kappa shape index (κ2) is 7.75. The van der Waals surface area contributed by atoms with Gasteiger partial charge in [0.1, 0.15) is 5.82 Å². The summed E-state index contributed by atoms with van der Waals surface area (Å²) in [6.45, 7) is 1.64. The first-order valence-electron chi connectivity index (χ1n) is 8.02. The van der Waals surface area contributed by atoms with Crippen LogP contribution in [-0.4, -0.2) is 41.8 Å². The number of aromatic nitrogens is 2. The fraction of sp³-hybridized carbons (Fsp3) is 0.438. The summed E-state index contributed by atoms with van der Waals surface area (Å²) in [6.07, 6.45) is 1.02. The molecule has 2 aromatic rings. The maximum Gasteiger partial charge on any atom is 0.277 e. The van der Waals surface area contributed by atoms with Gasteiger partial charge in [0.2, 0.25) is 11.8 Å². The summed E-state index contributed by atoms with van der Waals surface area (Å²) < 4.78 is 41.9. The van der Waals surface area contributed by atoms with E-state index in [-0.39, 0.29) is 40.1 Å². The number of hydrogen-bond donors (Lipinski definition) is 1. The minimum atomic E-state index is -2.94. The summed E-state index contributed by atoms with van der Waals surface area (Å²) in [6, 6.07) is 4.48. The first-order chi connectivity index (χ1) is 12.3. The zero-order valence-electron chi connectivity index (χ0n) is 14.1. The van der Waals surface area contributed by atoms with Gasteiger partial charge in [-0.15, -0.1) is 10.2 Å². The summed E-state index contributed by atoms with van der Waals surface area (Å²) >= 11 is 1.07. The van der Waals surface area contributed by atoms with Gasteiger partial charge in [-0.1, -0.05) is 17.8 Å². The van der Waals surface area contributed by atoms with Crippen molar-refractivity contribution in [1.29, 1.82) is 0 Å². The van der Waals surface area contributed by atoms with E-state index in [0.717, 1.165) is 11.8 Å². The topological polar surface area (TPSA) is 102 Å². The van der Waals surface area contributed by atoms with Gasteiger partial charge in [0.15, 0.2) is 9.84 Å². The van der Waals surface area contributed by atoms with Gasteiger partial charge in [-0.25, -0.2) is 12.8 Å². The molecule has 0 spiro atoms. The lowest BCUT2D eigenvalue weighted by atomic mass is 10.1. The smallest absolute Gasteiger partial charge is 0.277 e. The molecule has 1 aliphatic heterocycles. The van der Waals surface area contributed by atoms with E-state index in [2.05, 4.69) is 15.5 Å². The number of nitrogens with one attached hydrogen (secondary N) is 1. The Morgan fingerprint density at radius 2 is 2.23 bits per heavy atom. The number of hydrogen-bond acceptors (Lipinski definition) is 7. The molecule has 3 rings (SSSR count). The molecule has 10 heteroatoms. The lowest BCUT2D eigenvalue weighted by molar-refractivity contribution is -0.113. The Morgan fingerprint density at radius 1 is 1.42 bits per heavy atom. The van der Waals surface area contributed by atoms with Crippen LogP contribution in [0.4, 0.5) is 10.1 Å². The lowest BCUT2D eigenvalue weighted by Gasteiger charge is -2.05. The highest BCUT2D eigenvalue weighted by molar-refractivity contribution is 7.99. The number of carbonyl (C=O) groups excluding carboxylic acids is 1. The molecule has 1 aromatic carbocycles. The van der Waals surface area contributed by atoms with Crippen LogP contribution >= 0.6 is 11.8 Å². The van der Waals surface area contributed by atoms with Crippen molar-refractivity contribution in [3.05, 3.63) is 35.5 Å². The molecule has 0 aliphatic carbocycles. The highest BCUT2D eigenvalue weighted by atomic mass is 32.2. The van der Waals surface area contributed by atoms with Gasteiger partial charge in [-0.3, -0.25) is 4.79 Å². The number of halogens is 1. The van der Waals surface area contributed by atoms with Crippen LogP contribution in [0.25, 0.3) is 0 Å². The highest BCUT2D eigenvalue weighted by Crippen LogP contribution is 2.24. The summed E-state index contributed by atoms with van der Waals surface area (Å²) in [5.74, 6) is 0.0506. The minimum absolute atomic E-state index is 0.00182.